The molecule has 2 aromatic carbocycles. The molecule has 0 bridgehead atoms. The van der Waals surface area contributed by atoms with Gasteiger partial charge in [-0.3, -0.25) is 10.1 Å². The predicted molar refractivity (Wildman–Crippen MR) is 120 cm³/mol. The average molecular weight is 437 g/mol. The number of piperazine rings is 1. The van der Waals surface area contributed by atoms with E-state index < -0.39 is 11.7 Å². The van der Waals surface area contributed by atoms with Crippen LogP contribution in [0.25, 0.3) is 22.0 Å². The maximum absolute atomic E-state index is 13.1. The third-order valence-corrected chi connectivity index (χ3v) is 6.02. The third-order valence-electron chi connectivity index (χ3n) is 6.02. The van der Waals surface area contributed by atoms with Crippen molar-refractivity contribution < 1.29 is 13.2 Å². The molecule has 0 spiro atoms. The molecule has 1 aliphatic heterocycles. The SMILES string of the molecule is Cc1[nH]ncc1-c1ccc2nccc(N3CCN(c4cccc(C(F)(F)F)c4)CC3)c2c1. The Balaban J connectivity index is 1.40. The van der Waals surface area contributed by atoms with E-state index >= 15 is 0 Å². The summed E-state index contributed by atoms with van der Waals surface area (Å²) < 4.78 is 39.3. The van der Waals surface area contributed by atoms with Crippen LogP contribution in [0.4, 0.5) is 24.5 Å². The minimum atomic E-state index is -4.33. The van der Waals surface area contributed by atoms with Crippen molar-refractivity contribution in [1.82, 2.24) is 15.2 Å². The normalized spacial score (nSPS) is 14.9. The van der Waals surface area contributed by atoms with Gasteiger partial charge in [0.2, 0.25) is 0 Å². The monoisotopic (exact) mass is 437 g/mol. The van der Waals surface area contributed by atoms with Gasteiger partial charge in [0.05, 0.1) is 17.3 Å². The summed E-state index contributed by atoms with van der Waals surface area (Å²) in [5, 5.41) is 8.15. The lowest BCUT2D eigenvalue weighted by molar-refractivity contribution is -0.137. The van der Waals surface area contributed by atoms with Crippen molar-refractivity contribution in [3.63, 3.8) is 0 Å². The van der Waals surface area contributed by atoms with Crippen LogP contribution in [-0.4, -0.2) is 41.4 Å². The Hall–Kier alpha value is -3.55. The topological polar surface area (TPSA) is 48.1 Å². The summed E-state index contributed by atoms with van der Waals surface area (Å²) in [5.74, 6) is 0. The largest absolute Gasteiger partial charge is 0.416 e. The van der Waals surface area contributed by atoms with Crippen LogP contribution in [-0.2, 0) is 6.18 Å². The molecule has 1 N–H and O–H groups in total. The molecule has 3 heterocycles. The zero-order valence-electron chi connectivity index (χ0n) is 17.5. The number of hydrogen-bond donors (Lipinski definition) is 1. The number of benzene rings is 2. The molecule has 0 saturated carbocycles. The first-order valence-electron chi connectivity index (χ1n) is 10.5. The fourth-order valence-electron chi connectivity index (χ4n) is 4.30. The number of rotatable bonds is 3. The number of halogens is 3. The highest BCUT2D eigenvalue weighted by molar-refractivity contribution is 5.95. The van der Waals surface area contributed by atoms with E-state index in [4.69, 9.17) is 0 Å². The Morgan fingerprint density at radius 2 is 1.72 bits per heavy atom. The van der Waals surface area contributed by atoms with E-state index in [-0.39, 0.29) is 0 Å². The highest BCUT2D eigenvalue weighted by atomic mass is 19.4. The summed E-state index contributed by atoms with van der Waals surface area (Å²) in [6, 6.07) is 13.8. The molecule has 1 aliphatic rings. The number of H-pyrrole nitrogens is 1. The van der Waals surface area contributed by atoms with Crippen LogP contribution in [0, 0.1) is 6.92 Å². The number of anilines is 2. The van der Waals surface area contributed by atoms with Crippen molar-refractivity contribution in [2.24, 2.45) is 0 Å². The van der Waals surface area contributed by atoms with E-state index in [1.165, 1.54) is 12.1 Å². The van der Waals surface area contributed by atoms with E-state index in [1.807, 2.05) is 36.2 Å². The van der Waals surface area contributed by atoms with Gasteiger partial charge in [0.25, 0.3) is 0 Å². The van der Waals surface area contributed by atoms with Gasteiger partial charge in [0.1, 0.15) is 0 Å². The molecule has 4 aromatic rings. The van der Waals surface area contributed by atoms with Gasteiger partial charge in [-0.15, -0.1) is 0 Å². The van der Waals surface area contributed by atoms with Gasteiger partial charge < -0.3 is 9.80 Å². The minimum Gasteiger partial charge on any atom is -0.368 e. The second-order valence-corrected chi connectivity index (χ2v) is 7.99. The number of nitrogens with one attached hydrogen (secondary N) is 1. The van der Waals surface area contributed by atoms with Crippen molar-refractivity contribution >= 4 is 22.3 Å². The summed E-state index contributed by atoms with van der Waals surface area (Å²) in [7, 11) is 0. The van der Waals surface area contributed by atoms with Crippen LogP contribution >= 0.6 is 0 Å². The standard InChI is InChI=1S/C24H22F3N5/c1-16-21(15-29-30-16)17-5-6-22-20(13-17)23(7-8-28-22)32-11-9-31(10-12-32)19-4-2-3-18(14-19)24(25,26)27/h2-8,13-15H,9-12H2,1H3,(H,29,30). The molecule has 0 amide bonds. The van der Waals surface area contributed by atoms with Crippen molar-refractivity contribution in [2.45, 2.75) is 13.1 Å². The Kier molecular flexibility index (Phi) is 5.00. The molecular formula is C24H22F3N5. The first kappa shape index (κ1) is 20.4. The van der Waals surface area contributed by atoms with Crippen LogP contribution in [0.1, 0.15) is 11.3 Å². The van der Waals surface area contributed by atoms with E-state index in [1.54, 1.807) is 12.3 Å². The van der Waals surface area contributed by atoms with Crippen LogP contribution in [0.5, 0.6) is 0 Å². The lowest BCUT2D eigenvalue weighted by Crippen LogP contribution is -2.46. The summed E-state index contributed by atoms with van der Waals surface area (Å²) >= 11 is 0. The Morgan fingerprint density at radius 1 is 0.938 bits per heavy atom. The lowest BCUT2D eigenvalue weighted by Gasteiger charge is -2.38. The Morgan fingerprint density at radius 3 is 2.44 bits per heavy atom. The number of aromatic nitrogens is 3. The maximum atomic E-state index is 13.1. The zero-order valence-corrected chi connectivity index (χ0v) is 17.5. The molecule has 8 heteroatoms. The summed E-state index contributed by atoms with van der Waals surface area (Å²) in [6.07, 6.45) is -0.709. The summed E-state index contributed by atoms with van der Waals surface area (Å²) in [5.41, 5.74) is 5.12. The first-order chi connectivity index (χ1) is 15.4. The molecule has 0 radical (unpaired) electrons. The molecule has 2 aromatic heterocycles. The molecule has 164 valence electrons. The van der Waals surface area contributed by atoms with Gasteiger partial charge in [0.15, 0.2) is 0 Å². The van der Waals surface area contributed by atoms with Crippen LogP contribution in [0.2, 0.25) is 0 Å². The van der Waals surface area contributed by atoms with Gasteiger partial charge in [-0.2, -0.15) is 18.3 Å². The second kappa shape index (κ2) is 7.85. The number of alkyl halides is 3. The average Bonchev–Trinajstić information content (AvgIpc) is 3.24. The number of aromatic amines is 1. The Bertz CT molecular complexity index is 1260. The predicted octanol–water partition coefficient (Wildman–Crippen LogP) is 5.28. The fourth-order valence-corrected chi connectivity index (χ4v) is 4.30. The quantitative estimate of drug-likeness (QED) is 0.474. The number of pyridine rings is 1. The van der Waals surface area contributed by atoms with Crippen molar-refractivity contribution in [3.8, 4) is 11.1 Å². The molecule has 0 unspecified atom stereocenters. The lowest BCUT2D eigenvalue weighted by atomic mass is 10.0. The maximum Gasteiger partial charge on any atom is 0.416 e. The third kappa shape index (κ3) is 3.77. The van der Waals surface area contributed by atoms with Gasteiger partial charge in [-0.05, 0) is 48.9 Å². The number of hydrogen-bond acceptors (Lipinski definition) is 4. The van der Waals surface area contributed by atoms with Gasteiger partial charge in [-0.1, -0.05) is 12.1 Å². The van der Waals surface area contributed by atoms with E-state index in [0.717, 1.165) is 39.5 Å². The van der Waals surface area contributed by atoms with Crippen molar-refractivity contribution in [3.05, 3.63) is 72.2 Å². The summed E-state index contributed by atoms with van der Waals surface area (Å²) in [4.78, 5) is 8.80. The number of nitrogens with zero attached hydrogens (tertiary/aromatic N) is 4. The van der Waals surface area contributed by atoms with Gasteiger partial charge in [-0.25, -0.2) is 0 Å². The molecule has 5 nitrogen and oxygen atoms in total. The van der Waals surface area contributed by atoms with Crippen LogP contribution in [0.3, 0.4) is 0 Å². The number of fused-ring (bicyclic) bond motifs is 1. The van der Waals surface area contributed by atoms with Crippen LogP contribution < -0.4 is 9.80 Å². The highest BCUT2D eigenvalue weighted by Crippen LogP contribution is 2.34. The van der Waals surface area contributed by atoms with E-state index in [9.17, 15) is 13.2 Å². The highest BCUT2D eigenvalue weighted by Gasteiger charge is 2.31. The molecule has 1 fully saturated rings. The van der Waals surface area contributed by atoms with E-state index in [2.05, 4.69) is 26.1 Å². The van der Waals surface area contributed by atoms with Crippen LogP contribution in [0.15, 0.2) is 60.9 Å². The molecule has 1 saturated heterocycles. The van der Waals surface area contributed by atoms with Gasteiger partial charge in [0, 0.05) is 60.4 Å². The van der Waals surface area contributed by atoms with E-state index in [0.29, 0.717) is 31.9 Å². The first-order valence-corrected chi connectivity index (χ1v) is 10.5. The molecule has 0 aliphatic carbocycles. The van der Waals surface area contributed by atoms with Crippen molar-refractivity contribution in [2.75, 3.05) is 36.0 Å². The molecular weight excluding hydrogens is 415 g/mol. The second-order valence-electron chi connectivity index (χ2n) is 7.99. The minimum absolute atomic E-state index is 0.608. The smallest absolute Gasteiger partial charge is 0.368 e. The summed E-state index contributed by atoms with van der Waals surface area (Å²) in [6.45, 7) is 4.70. The Labute approximate surface area is 183 Å². The zero-order chi connectivity index (χ0) is 22.3. The molecule has 0 atom stereocenters. The van der Waals surface area contributed by atoms with Crippen molar-refractivity contribution in [1.29, 1.82) is 0 Å². The number of aryl methyl sites for hydroxylation is 1. The van der Waals surface area contributed by atoms with Gasteiger partial charge >= 0.3 is 6.18 Å². The molecule has 32 heavy (non-hydrogen) atoms. The molecule has 5 rings (SSSR count). The fraction of sp³-hybridized carbons (Fsp3) is 0.250.